The van der Waals surface area contributed by atoms with Gasteiger partial charge in [0.25, 0.3) is 0 Å². The van der Waals surface area contributed by atoms with Crippen LogP contribution in [0.2, 0.25) is 0 Å². The second kappa shape index (κ2) is 11.5. The van der Waals surface area contributed by atoms with Gasteiger partial charge in [-0.15, -0.1) is 0 Å². The Labute approximate surface area is 194 Å². The lowest BCUT2D eigenvalue weighted by atomic mass is 9.81. The Hall–Kier alpha value is -3.32. The molecule has 1 amide bonds. The van der Waals surface area contributed by atoms with E-state index in [0.29, 0.717) is 37.2 Å². The van der Waals surface area contributed by atoms with Crippen molar-refractivity contribution >= 4 is 5.91 Å². The number of amides is 1. The zero-order chi connectivity index (χ0) is 22.9. The number of hydrogen-bond donors (Lipinski definition) is 2. The number of ether oxygens (including phenoxy) is 2. The van der Waals surface area contributed by atoms with Crippen LogP contribution in [0, 0.1) is 11.8 Å². The van der Waals surface area contributed by atoms with Crippen molar-refractivity contribution < 1.29 is 18.8 Å². The topological polar surface area (TPSA) is 85.6 Å². The summed E-state index contributed by atoms with van der Waals surface area (Å²) in [6.07, 6.45) is 2.27. The van der Waals surface area contributed by atoms with Crippen LogP contribution in [-0.4, -0.2) is 31.3 Å². The smallest absolute Gasteiger partial charge is 0.220 e. The largest absolute Gasteiger partial charge is 0.497 e. The van der Waals surface area contributed by atoms with E-state index in [9.17, 15) is 4.79 Å². The minimum absolute atomic E-state index is 0.0832. The molecule has 0 unspecified atom stereocenters. The molecule has 1 fully saturated rings. The summed E-state index contributed by atoms with van der Waals surface area (Å²) in [6, 6.07) is 19.3. The number of benzene rings is 2. The summed E-state index contributed by atoms with van der Waals surface area (Å²) in [6.45, 7) is 2.67. The van der Waals surface area contributed by atoms with Gasteiger partial charge in [-0.05, 0) is 67.6 Å². The number of carbonyl (C=O) groups excluding carboxylic acids is 1. The minimum Gasteiger partial charge on any atom is -0.497 e. The van der Waals surface area contributed by atoms with Crippen molar-refractivity contribution in [1.29, 1.82) is 0 Å². The zero-order valence-corrected chi connectivity index (χ0v) is 19.0. The quantitative estimate of drug-likeness (QED) is 0.491. The van der Waals surface area contributed by atoms with Gasteiger partial charge in [0.2, 0.25) is 5.91 Å². The van der Waals surface area contributed by atoms with Crippen molar-refractivity contribution in [3.8, 4) is 11.5 Å². The Morgan fingerprint density at radius 2 is 1.94 bits per heavy atom. The number of carbonyl (C=O) groups is 1. The van der Waals surface area contributed by atoms with E-state index < -0.39 is 0 Å². The summed E-state index contributed by atoms with van der Waals surface area (Å²) in [7, 11) is 1.64. The second-order valence-corrected chi connectivity index (χ2v) is 8.43. The molecule has 0 spiro atoms. The maximum atomic E-state index is 12.6. The Morgan fingerprint density at radius 1 is 1.12 bits per heavy atom. The van der Waals surface area contributed by atoms with E-state index in [4.69, 9.17) is 14.0 Å². The van der Waals surface area contributed by atoms with E-state index in [1.807, 2.05) is 60.7 Å². The van der Waals surface area contributed by atoms with Crippen LogP contribution in [0.3, 0.4) is 0 Å². The van der Waals surface area contributed by atoms with Gasteiger partial charge in [0.05, 0.1) is 12.8 Å². The molecule has 1 aromatic heterocycles. The van der Waals surface area contributed by atoms with Crippen LogP contribution in [0.1, 0.15) is 29.9 Å². The van der Waals surface area contributed by atoms with E-state index >= 15 is 0 Å². The zero-order valence-electron chi connectivity index (χ0n) is 19.0. The highest BCUT2D eigenvalue weighted by Gasteiger charge is 2.28. The summed E-state index contributed by atoms with van der Waals surface area (Å²) in [4.78, 5) is 12.6. The van der Waals surface area contributed by atoms with Crippen LogP contribution in [0.15, 0.2) is 65.2 Å². The van der Waals surface area contributed by atoms with Crippen LogP contribution in [0.5, 0.6) is 11.5 Å². The van der Waals surface area contributed by atoms with Crippen LogP contribution in [0.25, 0.3) is 0 Å². The molecule has 0 saturated carbocycles. The van der Waals surface area contributed by atoms with Crippen molar-refractivity contribution in [2.45, 2.75) is 32.4 Å². The number of hydrogen-bond acceptors (Lipinski definition) is 6. The van der Waals surface area contributed by atoms with Crippen LogP contribution in [-0.2, 0) is 24.4 Å². The maximum absolute atomic E-state index is 12.6. The lowest BCUT2D eigenvalue weighted by molar-refractivity contribution is -0.122. The average Bonchev–Trinajstić information content (AvgIpc) is 3.31. The van der Waals surface area contributed by atoms with Crippen LogP contribution in [0.4, 0.5) is 0 Å². The molecular formula is C26H31N3O4. The van der Waals surface area contributed by atoms with E-state index in [0.717, 1.165) is 48.7 Å². The van der Waals surface area contributed by atoms with Gasteiger partial charge in [-0.2, -0.15) is 0 Å². The number of aromatic nitrogens is 1. The predicted molar refractivity (Wildman–Crippen MR) is 125 cm³/mol. The lowest BCUT2D eigenvalue weighted by Gasteiger charge is -2.31. The van der Waals surface area contributed by atoms with Crippen molar-refractivity contribution in [3.05, 3.63) is 77.7 Å². The summed E-state index contributed by atoms with van der Waals surface area (Å²) in [5.74, 6) is 3.03. The van der Waals surface area contributed by atoms with Crippen LogP contribution >= 0.6 is 0 Å². The molecule has 0 bridgehead atoms. The van der Waals surface area contributed by atoms with E-state index in [2.05, 4.69) is 15.8 Å². The van der Waals surface area contributed by atoms with Crippen molar-refractivity contribution in [3.63, 3.8) is 0 Å². The van der Waals surface area contributed by atoms with Gasteiger partial charge in [0, 0.05) is 19.0 Å². The third kappa shape index (κ3) is 6.83. The van der Waals surface area contributed by atoms with Gasteiger partial charge in [-0.3, -0.25) is 4.79 Å². The number of nitrogens with zero attached hydrogens (tertiary/aromatic N) is 1. The Kier molecular flexibility index (Phi) is 7.98. The SMILES string of the molecule is COc1ccc(CNC(=O)C[C@H]2CCNC[C@@H]2Cc2cc(COc3ccccc3)on2)cc1. The average molecular weight is 450 g/mol. The molecule has 1 saturated heterocycles. The lowest BCUT2D eigenvalue weighted by Crippen LogP contribution is -2.40. The summed E-state index contributed by atoms with van der Waals surface area (Å²) < 4.78 is 16.4. The van der Waals surface area contributed by atoms with Gasteiger partial charge in [0.1, 0.15) is 18.1 Å². The first kappa shape index (κ1) is 22.9. The van der Waals surface area contributed by atoms with Gasteiger partial charge < -0.3 is 24.6 Å². The monoisotopic (exact) mass is 449 g/mol. The van der Waals surface area contributed by atoms with E-state index in [-0.39, 0.29) is 5.91 Å². The number of piperidine rings is 1. The molecule has 174 valence electrons. The fraction of sp³-hybridized carbons (Fsp3) is 0.385. The molecule has 3 aromatic rings. The molecule has 2 atom stereocenters. The molecule has 2 aromatic carbocycles. The Balaban J connectivity index is 1.26. The van der Waals surface area contributed by atoms with Crippen molar-refractivity contribution in [2.24, 2.45) is 11.8 Å². The second-order valence-electron chi connectivity index (χ2n) is 8.43. The molecular weight excluding hydrogens is 418 g/mol. The number of para-hydroxylation sites is 1. The molecule has 7 nitrogen and oxygen atoms in total. The minimum atomic E-state index is 0.0832. The Bertz CT molecular complexity index is 1000. The normalized spacial score (nSPS) is 18.0. The molecule has 7 heteroatoms. The predicted octanol–water partition coefficient (Wildman–Crippen LogP) is 3.74. The number of methoxy groups -OCH3 is 1. The fourth-order valence-corrected chi connectivity index (χ4v) is 4.20. The molecule has 1 aliphatic rings. The third-order valence-corrected chi connectivity index (χ3v) is 6.06. The molecule has 2 N–H and O–H groups in total. The fourth-order valence-electron chi connectivity index (χ4n) is 4.20. The molecule has 0 radical (unpaired) electrons. The highest BCUT2D eigenvalue weighted by molar-refractivity contribution is 5.76. The van der Waals surface area contributed by atoms with Gasteiger partial charge >= 0.3 is 0 Å². The molecule has 4 rings (SSSR count). The first-order valence-electron chi connectivity index (χ1n) is 11.4. The highest BCUT2D eigenvalue weighted by Crippen LogP contribution is 2.26. The van der Waals surface area contributed by atoms with Crippen LogP contribution < -0.4 is 20.1 Å². The first-order chi connectivity index (χ1) is 16.2. The number of rotatable bonds is 10. The van der Waals surface area contributed by atoms with Gasteiger partial charge in [0.15, 0.2) is 5.76 Å². The summed E-state index contributed by atoms with van der Waals surface area (Å²) in [5.41, 5.74) is 1.96. The van der Waals surface area contributed by atoms with Gasteiger partial charge in [-0.25, -0.2) is 0 Å². The number of nitrogens with one attached hydrogen (secondary N) is 2. The molecule has 2 heterocycles. The maximum Gasteiger partial charge on any atom is 0.220 e. The van der Waals surface area contributed by atoms with Crippen molar-refractivity contribution in [1.82, 2.24) is 15.8 Å². The van der Waals surface area contributed by atoms with Gasteiger partial charge in [-0.1, -0.05) is 35.5 Å². The standard InChI is InChI=1S/C26H31N3O4/c1-31-23-9-7-19(8-10-23)16-28-26(30)14-20-11-12-27-17-21(20)13-22-15-25(33-29-22)18-32-24-5-3-2-4-6-24/h2-10,15,20-21,27H,11-14,16-18H2,1H3,(H,28,30)/t20-,21+/m1/s1. The third-order valence-electron chi connectivity index (χ3n) is 6.06. The summed E-state index contributed by atoms with van der Waals surface area (Å²) >= 11 is 0. The first-order valence-corrected chi connectivity index (χ1v) is 11.4. The van der Waals surface area contributed by atoms with E-state index in [1.54, 1.807) is 7.11 Å². The Morgan fingerprint density at radius 3 is 2.73 bits per heavy atom. The highest BCUT2D eigenvalue weighted by atomic mass is 16.5. The van der Waals surface area contributed by atoms with Crippen molar-refractivity contribution in [2.75, 3.05) is 20.2 Å². The molecule has 1 aliphatic heterocycles. The molecule has 0 aliphatic carbocycles. The molecule has 33 heavy (non-hydrogen) atoms. The van der Waals surface area contributed by atoms with E-state index in [1.165, 1.54) is 0 Å². The summed E-state index contributed by atoms with van der Waals surface area (Å²) in [5, 5.41) is 10.7.